The third-order valence-corrected chi connectivity index (χ3v) is 2.10. The third kappa shape index (κ3) is 3.51. The predicted octanol–water partition coefficient (Wildman–Crippen LogP) is -0.242. The van der Waals surface area contributed by atoms with E-state index < -0.39 is 11.6 Å². The van der Waals surface area contributed by atoms with E-state index in [9.17, 15) is 9.59 Å². The molecule has 0 spiro atoms. The SMILES string of the molecule is CC(C)(C)OC(=O)C1CNCCN1C=O. The second kappa shape index (κ2) is 4.61. The lowest BCUT2D eigenvalue weighted by atomic mass is 10.1. The first kappa shape index (κ1) is 12.0. The molecule has 1 fully saturated rings. The molecule has 0 saturated carbocycles. The Balaban J connectivity index is 2.60. The van der Waals surface area contributed by atoms with Crippen LogP contribution in [0.25, 0.3) is 0 Å². The topological polar surface area (TPSA) is 58.6 Å². The van der Waals surface area contributed by atoms with E-state index in [1.165, 1.54) is 4.90 Å². The molecule has 1 amide bonds. The summed E-state index contributed by atoms with van der Waals surface area (Å²) in [6.45, 7) is 7.17. The number of nitrogens with one attached hydrogen (secondary N) is 1. The van der Waals surface area contributed by atoms with Crippen molar-refractivity contribution in [1.29, 1.82) is 0 Å². The van der Waals surface area contributed by atoms with Gasteiger partial charge in [-0.3, -0.25) is 4.79 Å². The van der Waals surface area contributed by atoms with Crippen LogP contribution in [0, 0.1) is 0 Å². The van der Waals surface area contributed by atoms with E-state index >= 15 is 0 Å². The van der Waals surface area contributed by atoms with E-state index in [1.807, 2.05) is 20.8 Å². The van der Waals surface area contributed by atoms with Gasteiger partial charge in [0.1, 0.15) is 11.6 Å². The number of hydrogen-bond donors (Lipinski definition) is 1. The molecule has 0 bridgehead atoms. The number of esters is 1. The zero-order valence-corrected chi connectivity index (χ0v) is 9.45. The molecular weight excluding hydrogens is 196 g/mol. The van der Waals surface area contributed by atoms with Crippen LogP contribution in [-0.2, 0) is 14.3 Å². The van der Waals surface area contributed by atoms with Crippen molar-refractivity contribution in [3.63, 3.8) is 0 Å². The van der Waals surface area contributed by atoms with Crippen LogP contribution in [0.15, 0.2) is 0 Å². The summed E-state index contributed by atoms with van der Waals surface area (Å²) in [5, 5.41) is 3.06. The van der Waals surface area contributed by atoms with Crippen molar-refractivity contribution in [2.75, 3.05) is 19.6 Å². The normalized spacial score (nSPS) is 22.3. The van der Waals surface area contributed by atoms with Crippen molar-refractivity contribution in [1.82, 2.24) is 10.2 Å². The summed E-state index contributed by atoms with van der Waals surface area (Å²) < 4.78 is 5.23. The maximum absolute atomic E-state index is 11.7. The second-order valence-corrected chi connectivity index (χ2v) is 4.60. The maximum Gasteiger partial charge on any atom is 0.330 e. The number of nitrogens with zero attached hydrogens (tertiary/aromatic N) is 1. The van der Waals surface area contributed by atoms with Gasteiger partial charge in [0.15, 0.2) is 0 Å². The molecule has 1 saturated heterocycles. The van der Waals surface area contributed by atoms with E-state index in [1.54, 1.807) is 0 Å². The highest BCUT2D eigenvalue weighted by Crippen LogP contribution is 2.11. The first-order valence-corrected chi connectivity index (χ1v) is 5.08. The minimum absolute atomic E-state index is 0.346. The molecule has 1 heterocycles. The molecule has 0 radical (unpaired) electrons. The number of hydrogen-bond acceptors (Lipinski definition) is 4. The standard InChI is InChI=1S/C10H18N2O3/c1-10(2,3)15-9(14)8-6-11-4-5-12(8)7-13/h7-8,11H,4-6H2,1-3H3. The monoisotopic (exact) mass is 214 g/mol. The molecule has 0 aromatic heterocycles. The van der Waals surface area contributed by atoms with E-state index in [0.29, 0.717) is 19.5 Å². The number of carbonyl (C=O) groups is 2. The molecule has 1 aliphatic heterocycles. The van der Waals surface area contributed by atoms with Gasteiger partial charge in [-0.05, 0) is 20.8 Å². The summed E-state index contributed by atoms with van der Waals surface area (Å²) in [5.41, 5.74) is -0.511. The first-order valence-electron chi connectivity index (χ1n) is 5.08. The Morgan fingerprint density at radius 3 is 2.73 bits per heavy atom. The molecule has 5 nitrogen and oxygen atoms in total. The predicted molar refractivity (Wildman–Crippen MR) is 55.3 cm³/mol. The molecule has 0 aliphatic carbocycles. The number of ether oxygens (including phenoxy) is 1. The number of amides is 1. The Labute approximate surface area is 89.8 Å². The van der Waals surface area contributed by atoms with E-state index in [2.05, 4.69) is 5.32 Å². The number of piperazine rings is 1. The molecule has 1 unspecified atom stereocenters. The molecule has 1 aliphatic rings. The summed E-state index contributed by atoms with van der Waals surface area (Å²) in [7, 11) is 0. The van der Waals surface area contributed by atoms with Gasteiger partial charge in [0.05, 0.1) is 0 Å². The van der Waals surface area contributed by atoms with Crippen LogP contribution >= 0.6 is 0 Å². The van der Waals surface area contributed by atoms with Crippen LogP contribution < -0.4 is 5.32 Å². The fourth-order valence-electron chi connectivity index (χ4n) is 1.43. The minimum Gasteiger partial charge on any atom is -0.458 e. The van der Waals surface area contributed by atoms with Crippen LogP contribution in [0.5, 0.6) is 0 Å². The zero-order chi connectivity index (χ0) is 11.5. The smallest absolute Gasteiger partial charge is 0.330 e. The average Bonchev–Trinajstić information content (AvgIpc) is 2.15. The zero-order valence-electron chi connectivity index (χ0n) is 9.45. The van der Waals surface area contributed by atoms with Crippen LogP contribution in [0.1, 0.15) is 20.8 Å². The van der Waals surface area contributed by atoms with Crippen molar-refractivity contribution in [2.24, 2.45) is 0 Å². The maximum atomic E-state index is 11.7. The Morgan fingerprint density at radius 2 is 2.20 bits per heavy atom. The molecule has 15 heavy (non-hydrogen) atoms. The van der Waals surface area contributed by atoms with Crippen LogP contribution in [0.2, 0.25) is 0 Å². The average molecular weight is 214 g/mol. The molecule has 1 rings (SSSR count). The van der Waals surface area contributed by atoms with Crippen molar-refractivity contribution in [3.8, 4) is 0 Å². The Kier molecular flexibility index (Phi) is 3.68. The summed E-state index contributed by atoms with van der Waals surface area (Å²) in [6, 6.07) is -0.490. The molecule has 0 aromatic rings. The summed E-state index contributed by atoms with van der Waals surface area (Å²) >= 11 is 0. The summed E-state index contributed by atoms with van der Waals surface area (Å²) in [5.74, 6) is -0.346. The van der Waals surface area contributed by atoms with Gasteiger partial charge >= 0.3 is 5.97 Å². The molecule has 5 heteroatoms. The molecule has 0 aromatic carbocycles. The van der Waals surface area contributed by atoms with E-state index in [4.69, 9.17) is 4.74 Å². The number of carbonyl (C=O) groups excluding carboxylic acids is 2. The van der Waals surface area contributed by atoms with E-state index in [0.717, 1.165) is 6.54 Å². The highest BCUT2D eigenvalue weighted by molar-refractivity contribution is 5.79. The fourth-order valence-corrected chi connectivity index (χ4v) is 1.43. The van der Waals surface area contributed by atoms with Gasteiger partial charge in [-0.2, -0.15) is 0 Å². The van der Waals surface area contributed by atoms with Gasteiger partial charge in [-0.15, -0.1) is 0 Å². The van der Waals surface area contributed by atoms with Gasteiger partial charge in [-0.1, -0.05) is 0 Å². The minimum atomic E-state index is -0.511. The second-order valence-electron chi connectivity index (χ2n) is 4.60. The van der Waals surface area contributed by atoms with Crippen molar-refractivity contribution in [2.45, 2.75) is 32.4 Å². The van der Waals surface area contributed by atoms with Gasteiger partial charge in [0.2, 0.25) is 6.41 Å². The fraction of sp³-hybridized carbons (Fsp3) is 0.800. The van der Waals surface area contributed by atoms with Gasteiger partial charge < -0.3 is 15.0 Å². The molecule has 1 N–H and O–H groups in total. The molecule has 86 valence electrons. The van der Waals surface area contributed by atoms with Crippen LogP contribution in [0.3, 0.4) is 0 Å². The summed E-state index contributed by atoms with van der Waals surface area (Å²) in [6.07, 6.45) is 0.704. The molecular formula is C10H18N2O3. The van der Waals surface area contributed by atoms with Crippen molar-refractivity contribution < 1.29 is 14.3 Å². The Bertz CT molecular complexity index is 248. The quantitative estimate of drug-likeness (QED) is 0.509. The van der Waals surface area contributed by atoms with Gasteiger partial charge in [-0.25, -0.2) is 4.79 Å². The Hall–Kier alpha value is -1.10. The van der Waals surface area contributed by atoms with Gasteiger partial charge in [0.25, 0.3) is 0 Å². The highest BCUT2D eigenvalue weighted by Gasteiger charge is 2.31. The molecule has 1 atom stereocenters. The summed E-state index contributed by atoms with van der Waals surface area (Å²) in [4.78, 5) is 23.9. The van der Waals surface area contributed by atoms with E-state index in [-0.39, 0.29) is 5.97 Å². The number of rotatable bonds is 2. The van der Waals surface area contributed by atoms with Crippen LogP contribution in [-0.4, -0.2) is 48.6 Å². The highest BCUT2D eigenvalue weighted by atomic mass is 16.6. The lowest BCUT2D eigenvalue weighted by Crippen LogP contribution is -2.55. The third-order valence-electron chi connectivity index (χ3n) is 2.10. The largest absolute Gasteiger partial charge is 0.458 e. The van der Waals surface area contributed by atoms with Crippen molar-refractivity contribution in [3.05, 3.63) is 0 Å². The lowest BCUT2D eigenvalue weighted by molar-refractivity contribution is -0.163. The van der Waals surface area contributed by atoms with Crippen LogP contribution in [0.4, 0.5) is 0 Å². The lowest BCUT2D eigenvalue weighted by Gasteiger charge is -2.33. The first-order chi connectivity index (χ1) is 6.94. The van der Waals surface area contributed by atoms with Crippen molar-refractivity contribution >= 4 is 12.4 Å². The van der Waals surface area contributed by atoms with Gasteiger partial charge in [0, 0.05) is 19.6 Å². The Morgan fingerprint density at radius 1 is 1.53 bits per heavy atom.